The topological polar surface area (TPSA) is 108 Å². The van der Waals surface area contributed by atoms with Crippen LogP contribution in [0.1, 0.15) is 44.6 Å². The lowest BCUT2D eigenvalue weighted by molar-refractivity contribution is -0.138. The molecule has 0 saturated carbocycles. The van der Waals surface area contributed by atoms with Gasteiger partial charge in [0.2, 0.25) is 17.7 Å². The lowest BCUT2D eigenvalue weighted by Gasteiger charge is -2.34. The van der Waals surface area contributed by atoms with Crippen molar-refractivity contribution < 1.29 is 24.2 Å². The zero-order valence-corrected chi connectivity index (χ0v) is 24.4. The third kappa shape index (κ3) is 5.19. The number of aryl methyl sites for hydroxylation is 1. The number of hydrogen-bond acceptors (Lipinski definition) is 6. The maximum atomic E-state index is 14.1. The molecule has 5 rings (SSSR count). The summed E-state index contributed by atoms with van der Waals surface area (Å²) in [5.74, 6) is -0.987. The second-order valence-electron chi connectivity index (χ2n) is 10.7. The molecule has 1 spiro atoms. The normalized spacial score (nSPS) is 26.6. The van der Waals surface area contributed by atoms with E-state index < -0.39 is 22.6 Å². The molecule has 40 heavy (non-hydrogen) atoms. The van der Waals surface area contributed by atoms with Crippen LogP contribution in [0.25, 0.3) is 0 Å². The number of ether oxygens (including phenoxy) is 1. The van der Waals surface area contributed by atoms with Crippen LogP contribution in [0.3, 0.4) is 0 Å². The largest absolute Gasteiger partial charge is 0.494 e. The van der Waals surface area contributed by atoms with Crippen molar-refractivity contribution in [1.82, 2.24) is 4.90 Å². The van der Waals surface area contributed by atoms with Crippen LogP contribution >= 0.6 is 23.4 Å². The van der Waals surface area contributed by atoms with E-state index in [-0.39, 0.29) is 29.6 Å². The first-order valence-corrected chi connectivity index (χ1v) is 15.3. The number of anilines is 2. The second-order valence-corrected chi connectivity index (χ2v) is 12.7. The van der Waals surface area contributed by atoms with Crippen LogP contribution in [0.4, 0.5) is 11.4 Å². The van der Waals surface area contributed by atoms with Gasteiger partial charge in [0.25, 0.3) is 0 Å². The Kier molecular flexibility index (Phi) is 8.63. The number of likely N-dealkylation sites (tertiary alicyclic amines) is 1. The number of aliphatic hydroxyl groups is 1. The van der Waals surface area contributed by atoms with Crippen LogP contribution in [-0.2, 0) is 14.4 Å². The number of amides is 3. The summed E-state index contributed by atoms with van der Waals surface area (Å²) < 4.78 is 4.82. The van der Waals surface area contributed by atoms with Gasteiger partial charge in [0.1, 0.15) is 11.8 Å². The van der Waals surface area contributed by atoms with E-state index in [0.717, 1.165) is 24.2 Å². The van der Waals surface area contributed by atoms with Crippen molar-refractivity contribution in [3.63, 3.8) is 0 Å². The molecule has 2 unspecified atom stereocenters. The molecule has 2 aromatic rings. The predicted octanol–water partition coefficient (Wildman–Crippen LogP) is 4.88. The van der Waals surface area contributed by atoms with Gasteiger partial charge in [0.15, 0.2) is 0 Å². The molecule has 3 amide bonds. The Morgan fingerprint density at radius 1 is 1.12 bits per heavy atom. The monoisotopic (exact) mass is 585 g/mol. The third-order valence-electron chi connectivity index (χ3n) is 8.31. The molecule has 3 aliphatic heterocycles. The quantitative estimate of drug-likeness (QED) is 0.325. The summed E-state index contributed by atoms with van der Waals surface area (Å²) >= 11 is 8.07. The van der Waals surface area contributed by atoms with Gasteiger partial charge in [-0.1, -0.05) is 23.7 Å². The van der Waals surface area contributed by atoms with Crippen LogP contribution < -0.4 is 15.4 Å². The lowest BCUT2D eigenvalue weighted by Crippen LogP contribution is -2.51. The molecular formula is C30H36ClN3O5S. The Hall–Kier alpha value is -2.75. The number of benzene rings is 2. The summed E-state index contributed by atoms with van der Waals surface area (Å²) in [6.45, 7) is 4.83. The molecule has 3 heterocycles. The SMILES string of the molecule is CCOc1ccc(NC(=O)[C@@H]2[C@@H]3CCC4(S3)C(C(=O)Nc3c(C)cccc3Cl)N(CCCCCO)C(=O)[C@H]24)cc1. The third-order valence-corrected chi connectivity index (χ3v) is 10.6. The highest BCUT2D eigenvalue weighted by Gasteiger charge is 2.73. The van der Waals surface area contributed by atoms with Crippen molar-refractivity contribution in [3.05, 3.63) is 53.1 Å². The number of carbonyl (C=O) groups excluding carboxylic acids is 3. The molecule has 3 fully saturated rings. The fourth-order valence-corrected chi connectivity index (χ4v) is 9.06. The first-order chi connectivity index (χ1) is 19.3. The van der Waals surface area contributed by atoms with Gasteiger partial charge in [0.05, 0.1) is 33.9 Å². The highest BCUT2D eigenvalue weighted by atomic mass is 35.5. The minimum atomic E-state index is -0.715. The zero-order valence-electron chi connectivity index (χ0n) is 22.8. The molecule has 2 bridgehead atoms. The van der Waals surface area contributed by atoms with E-state index in [2.05, 4.69) is 10.6 Å². The van der Waals surface area contributed by atoms with Crippen molar-refractivity contribution in [3.8, 4) is 5.75 Å². The Labute approximate surface area is 244 Å². The van der Waals surface area contributed by atoms with Gasteiger partial charge >= 0.3 is 0 Å². The predicted molar refractivity (Wildman–Crippen MR) is 158 cm³/mol. The number of hydrogen-bond donors (Lipinski definition) is 3. The summed E-state index contributed by atoms with van der Waals surface area (Å²) in [5, 5.41) is 15.7. The number of fused-ring (bicyclic) bond motifs is 1. The molecule has 8 nitrogen and oxygen atoms in total. The number of thioether (sulfide) groups is 1. The van der Waals surface area contributed by atoms with Crippen molar-refractivity contribution in [2.75, 3.05) is 30.4 Å². The highest BCUT2D eigenvalue weighted by Crippen LogP contribution is 2.66. The maximum Gasteiger partial charge on any atom is 0.248 e. The van der Waals surface area contributed by atoms with Gasteiger partial charge in [-0.15, -0.1) is 11.8 Å². The smallest absolute Gasteiger partial charge is 0.248 e. The Bertz CT molecular complexity index is 1250. The summed E-state index contributed by atoms with van der Waals surface area (Å²) in [4.78, 5) is 43.5. The van der Waals surface area contributed by atoms with Gasteiger partial charge in [-0.25, -0.2) is 0 Å². The van der Waals surface area contributed by atoms with Crippen molar-refractivity contribution in [2.45, 2.75) is 62.0 Å². The van der Waals surface area contributed by atoms with E-state index in [9.17, 15) is 19.5 Å². The maximum absolute atomic E-state index is 14.1. The van der Waals surface area contributed by atoms with Crippen LogP contribution in [-0.4, -0.2) is 63.5 Å². The molecule has 5 atom stereocenters. The molecule has 3 saturated heterocycles. The summed E-state index contributed by atoms with van der Waals surface area (Å²) in [5.41, 5.74) is 2.03. The average molecular weight is 586 g/mol. The second kappa shape index (κ2) is 12.0. The van der Waals surface area contributed by atoms with Crippen LogP contribution in [0.5, 0.6) is 5.75 Å². The first-order valence-electron chi connectivity index (χ1n) is 14.0. The van der Waals surface area contributed by atoms with Gasteiger partial charge in [-0.2, -0.15) is 0 Å². The molecule has 214 valence electrons. The van der Waals surface area contributed by atoms with E-state index in [1.54, 1.807) is 34.9 Å². The van der Waals surface area contributed by atoms with Gasteiger partial charge in [-0.05, 0) is 81.8 Å². The fourth-order valence-electron chi connectivity index (χ4n) is 6.57. The number of para-hydroxylation sites is 1. The first kappa shape index (κ1) is 28.8. The highest BCUT2D eigenvalue weighted by molar-refractivity contribution is 8.02. The van der Waals surface area contributed by atoms with Crippen molar-refractivity contribution in [1.29, 1.82) is 0 Å². The van der Waals surface area contributed by atoms with E-state index in [1.807, 2.05) is 38.1 Å². The van der Waals surface area contributed by atoms with Gasteiger partial charge in [-0.3, -0.25) is 14.4 Å². The van der Waals surface area contributed by atoms with Crippen LogP contribution in [0.2, 0.25) is 5.02 Å². The molecule has 3 aliphatic rings. The van der Waals surface area contributed by atoms with Crippen molar-refractivity contribution in [2.24, 2.45) is 11.8 Å². The minimum absolute atomic E-state index is 0.0365. The Morgan fingerprint density at radius 3 is 2.60 bits per heavy atom. The number of carbonyl (C=O) groups is 3. The lowest BCUT2D eigenvalue weighted by atomic mass is 9.70. The van der Waals surface area contributed by atoms with Gasteiger partial charge < -0.3 is 25.4 Å². The van der Waals surface area contributed by atoms with E-state index in [1.165, 1.54) is 0 Å². The summed E-state index contributed by atoms with van der Waals surface area (Å²) in [6.07, 6.45) is 3.51. The number of nitrogens with zero attached hydrogens (tertiary/aromatic N) is 1. The van der Waals surface area contributed by atoms with Gasteiger partial charge in [0, 0.05) is 24.1 Å². The Morgan fingerprint density at radius 2 is 1.90 bits per heavy atom. The van der Waals surface area contributed by atoms with E-state index in [4.69, 9.17) is 16.3 Å². The Balaban J connectivity index is 1.42. The molecular weight excluding hydrogens is 550 g/mol. The zero-order chi connectivity index (χ0) is 28.4. The number of nitrogens with one attached hydrogen (secondary N) is 2. The number of halogens is 1. The van der Waals surface area contributed by atoms with Crippen LogP contribution in [0.15, 0.2) is 42.5 Å². The summed E-state index contributed by atoms with van der Waals surface area (Å²) in [6, 6.07) is 11.9. The number of aliphatic hydroxyl groups excluding tert-OH is 1. The van der Waals surface area contributed by atoms with E-state index >= 15 is 0 Å². The number of rotatable bonds is 11. The summed E-state index contributed by atoms with van der Waals surface area (Å²) in [7, 11) is 0. The standard InChI is InChI=1S/C30H36ClN3O5S/c1-3-39-20-12-10-19(11-13-20)32-27(36)23-22-14-15-30(40-22)24(23)29(38)34(16-5-4-6-17-35)26(30)28(37)33-25-18(2)8-7-9-21(25)31/h7-13,22-24,26,35H,3-6,14-17H2,1-2H3,(H,32,36)(H,33,37)/t22-,23+,24-,26?,30?/m0/s1. The molecule has 10 heteroatoms. The minimum Gasteiger partial charge on any atom is -0.494 e. The molecule has 3 N–H and O–H groups in total. The number of unbranched alkanes of at least 4 members (excludes halogenated alkanes) is 2. The molecule has 0 aliphatic carbocycles. The van der Waals surface area contributed by atoms with Crippen molar-refractivity contribution >= 4 is 52.5 Å². The molecule has 0 aromatic heterocycles. The molecule has 2 aromatic carbocycles. The molecule has 0 radical (unpaired) electrons. The average Bonchev–Trinajstić information content (AvgIpc) is 3.57. The fraction of sp³-hybridized carbons (Fsp3) is 0.500. The van der Waals surface area contributed by atoms with Crippen LogP contribution in [0, 0.1) is 18.8 Å². The van der Waals surface area contributed by atoms with E-state index in [0.29, 0.717) is 48.8 Å².